The molecule has 172 valence electrons. The van der Waals surface area contributed by atoms with Gasteiger partial charge in [-0.05, 0) is 31.9 Å². The number of imidazole rings is 1. The molecule has 5 rings (SSSR count). The first-order valence-corrected chi connectivity index (χ1v) is 10.9. The fraction of sp³-hybridized carbons (Fsp3) is 0.292. The second-order valence-electron chi connectivity index (χ2n) is 8.06. The van der Waals surface area contributed by atoms with Gasteiger partial charge in [0.25, 0.3) is 5.91 Å². The molecule has 1 saturated heterocycles. The first kappa shape index (κ1) is 22.5. The maximum Gasteiger partial charge on any atom is 0.257 e. The van der Waals surface area contributed by atoms with Crippen LogP contribution in [0.4, 0.5) is 15.8 Å². The zero-order valence-corrected chi connectivity index (χ0v) is 18.9. The van der Waals surface area contributed by atoms with E-state index in [0.717, 1.165) is 24.2 Å². The molecule has 0 unspecified atom stereocenters. The SMILES string of the molecule is C=CCN.Cc1cn2cc(NC(=O)c3ccc(N4CCCC4)c4cn(C)nc34)cc(F)c2n1. The summed E-state index contributed by atoms with van der Waals surface area (Å²) in [5, 5.41) is 8.27. The molecule has 0 saturated carbocycles. The smallest absolute Gasteiger partial charge is 0.257 e. The molecular weight excluding hydrogens is 421 g/mol. The normalized spacial score (nSPS) is 13.3. The number of anilines is 2. The molecule has 0 bridgehead atoms. The summed E-state index contributed by atoms with van der Waals surface area (Å²) in [5.74, 6) is -0.805. The molecule has 3 N–H and O–H groups in total. The summed E-state index contributed by atoms with van der Waals surface area (Å²) in [4.78, 5) is 19.5. The molecule has 1 amide bonds. The average molecular weight is 450 g/mol. The number of hydrogen-bond acceptors (Lipinski definition) is 5. The topological polar surface area (TPSA) is 93.5 Å². The van der Waals surface area contributed by atoms with Crippen LogP contribution in [0.1, 0.15) is 28.9 Å². The molecule has 33 heavy (non-hydrogen) atoms. The molecule has 3 aromatic heterocycles. The van der Waals surface area contributed by atoms with Crippen molar-refractivity contribution in [1.82, 2.24) is 19.2 Å². The largest absolute Gasteiger partial charge is 0.371 e. The number of amides is 1. The summed E-state index contributed by atoms with van der Waals surface area (Å²) < 4.78 is 17.6. The van der Waals surface area contributed by atoms with Gasteiger partial charge >= 0.3 is 0 Å². The van der Waals surface area contributed by atoms with E-state index in [1.54, 1.807) is 40.5 Å². The fourth-order valence-corrected chi connectivity index (χ4v) is 4.07. The van der Waals surface area contributed by atoms with E-state index in [0.29, 0.717) is 29.0 Å². The summed E-state index contributed by atoms with van der Waals surface area (Å²) in [7, 11) is 1.85. The molecule has 8 nitrogen and oxygen atoms in total. The highest BCUT2D eigenvalue weighted by Gasteiger charge is 2.21. The van der Waals surface area contributed by atoms with Crippen molar-refractivity contribution in [2.24, 2.45) is 12.8 Å². The van der Waals surface area contributed by atoms with Crippen LogP contribution in [-0.4, -0.2) is 44.7 Å². The summed E-state index contributed by atoms with van der Waals surface area (Å²) in [6.07, 6.45) is 9.32. The third-order valence-corrected chi connectivity index (χ3v) is 5.51. The number of benzene rings is 1. The van der Waals surface area contributed by atoms with Crippen LogP contribution in [0.3, 0.4) is 0 Å². The number of aromatic nitrogens is 4. The number of halogens is 1. The number of carbonyl (C=O) groups excluding carboxylic acids is 1. The van der Waals surface area contributed by atoms with Crippen LogP contribution in [0.25, 0.3) is 16.6 Å². The molecule has 0 spiro atoms. The minimum Gasteiger partial charge on any atom is -0.371 e. The summed E-state index contributed by atoms with van der Waals surface area (Å²) in [5.41, 5.74) is 8.43. The number of pyridine rings is 1. The molecule has 0 aliphatic carbocycles. The minimum absolute atomic E-state index is 0.239. The third kappa shape index (κ3) is 4.58. The van der Waals surface area contributed by atoms with Crippen LogP contribution < -0.4 is 16.0 Å². The van der Waals surface area contributed by atoms with Gasteiger partial charge in [-0.2, -0.15) is 5.10 Å². The van der Waals surface area contributed by atoms with Crippen LogP contribution in [0.5, 0.6) is 0 Å². The van der Waals surface area contributed by atoms with Crippen molar-refractivity contribution in [3.8, 4) is 0 Å². The van der Waals surface area contributed by atoms with E-state index < -0.39 is 5.82 Å². The molecule has 1 aromatic carbocycles. The minimum atomic E-state index is -0.483. The zero-order valence-electron chi connectivity index (χ0n) is 18.9. The van der Waals surface area contributed by atoms with Crippen LogP contribution >= 0.6 is 0 Å². The van der Waals surface area contributed by atoms with E-state index in [1.807, 2.05) is 19.3 Å². The van der Waals surface area contributed by atoms with Gasteiger partial charge in [0.2, 0.25) is 0 Å². The van der Waals surface area contributed by atoms with Crippen LogP contribution in [-0.2, 0) is 7.05 Å². The van der Waals surface area contributed by atoms with E-state index >= 15 is 0 Å². The molecule has 1 aliphatic heterocycles. The molecule has 9 heteroatoms. The Hall–Kier alpha value is -3.72. The van der Waals surface area contributed by atoms with Crippen LogP contribution in [0.2, 0.25) is 0 Å². The molecule has 0 radical (unpaired) electrons. The first-order valence-electron chi connectivity index (χ1n) is 10.9. The lowest BCUT2D eigenvalue weighted by atomic mass is 10.1. The third-order valence-electron chi connectivity index (χ3n) is 5.51. The lowest BCUT2D eigenvalue weighted by molar-refractivity contribution is 0.102. The molecule has 4 aromatic rings. The highest BCUT2D eigenvalue weighted by molar-refractivity contribution is 6.13. The van der Waals surface area contributed by atoms with E-state index in [1.165, 1.54) is 18.9 Å². The average Bonchev–Trinajstić information content (AvgIpc) is 3.52. The van der Waals surface area contributed by atoms with Crippen molar-refractivity contribution in [3.63, 3.8) is 0 Å². The maximum absolute atomic E-state index is 14.3. The summed E-state index contributed by atoms with van der Waals surface area (Å²) in [6, 6.07) is 5.07. The Morgan fingerprint density at radius 1 is 1.27 bits per heavy atom. The van der Waals surface area contributed by atoms with Crippen molar-refractivity contribution < 1.29 is 9.18 Å². The van der Waals surface area contributed by atoms with Crippen molar-refractivity contribution in [2.75, 3.05) is 29.9 Å². The summed E-state index contributed by atoms with van der Waals surface area (Å²) in [6.45, 7) is 7.76. The number of nitrogens with zero attached hydrogens (tertiary/aromatic N) is 5. The molecule has 1 fully saturated rings. The van der Waals surface area contributed by atoms with Gasteiger partial charge in [-0.25, -0.2) is 9.37 Å². The number of aryl methyl sites for hydroxylation is 2. The van der Waals surface area contributed by atoms with Gasteiger partial charge in [-0.15, -0.1) is 6.58 Å². The first-order chi connectivity index (χ1) is 15.9. The van der Waals surface area contributed by atoms with E-state index in [9.17, 15) is 9.18 Å². The number of hydrogen-bond donors (Lipinski definition) is 2. The fourth-order valence-electron chi connectivity index (χ4n) is 4.07. The Kier molecular flexibility index (Phi) is 6.41. The lowest BCUT2D eigenvalue weighted by Crippen LogP contribution is -2.19. The van der Waals surface area contributed by atoms with Crippen molar-refractivity contribution in [2.45, 2.75) is 19.8 Å². The van der Waals surface area contributed by atoms with E-state index in [-0.39, 0.29) is 11.6 Å². The van der Waals surface area contributed by atoms with Crippen LogP contribution in [0, 0.1) is 12.7 Å². The Morgan fingerprint density at radius 3 is 2.70 bits per heavy atom. The van der Waals surface area contributed by atoms with Gasteiger partial charge in [-0.3, -0.25) is 9.48 Å². The predicted octanol–water partition coefficient (Wildman–Crippen LogP) is 3.65. The van der Waals surface area contributed by atoms with Gasteiger partial charge in [0.1, 0.15) is 5.52 Å². The van der Waals surface area contributed by atoms with Gasteiger partial charge < -0.3 is 20.4 Å². The summed E-state index contributed by atoms with van der Waals surface area (Å²) >= 11 is 0. The number of rotatable bonds is 4. The molecule has 0 atom stereocenters. The van der Waals surface area contributed by atoms with E-state index in [4.69, 9.17) is 5.73 Å². The zero-order chi connectivity index (χ0) is 23.5. The number of nitrogens with one attached hydrogen (secondary N) is 1. The van der Waals surface area contributed by atoms with Crippen LogP contribution in [0.15, 0.2) is 49.4 Å². The van der Waals surface area contributed by atoms with Gasteiger partial charge in [0.15, 0.2) is 11.5 Å². The van der Waals surface area contributed by atoms with E-state index in [2.05, 4.69) is 26.9 Å². The van der Waals surface area contributed by atoms with Crippen molar-refractivity contribution in [3.05, 3.63) is 66.5 Å². The Bertz CT molecular complexity index is 1320. The second-order valence-corrected chi connectivity index (χ2v) is 8.06. The lowest BCUT2D eigenvalue weighted by Gasteiger charge is -2.19. The molecule has 1 aliphatic rings. The Labute approximate surface area is 191 Å². The predicted molar refractivity (Wildman–Crippen MR) is 129 cm³/mol. The number of carbonyl (C=O) groups is 1. The van der Waals surface area contributed by atoms with Crippen molar-refractivity contribution in [1.29, 1.82) is 0 Å². The van der Waals surface area contributed by atoms with Gasteiger partial charge in [0.05, 0.1) is 16.9 Å². The standard InChI is InChI=1S/C21H21FN6O.C3H7N/c1-13-10-28-11-14(9-17(22)20(28)23-13)24-21(29)15-5-6-18(27-7-3-4-8-27)16-12-26(2)25-19(15)16;1-2-3-4/h5-6,9-12H,3-4,7-8H2,1-2H3,(H,24,29);2H,1,3-4H2. The quantitative estimate of drug-likeness (QED) is 0.464. The monoisotopic (exact) mass is 449 g/mol. The number of nitrogens with two attached hydrogens (primary N) is 1. The van der Waals surface area contributed by atoms with Crippen molar-refractivity contribution >= 4 is 33.8 Å². The van der Waals surface area contributed by atoms with Gasteiger partial charge in [-0.1, -0.05) is 6.08 Å². The highest BCUT2D eigenvalue weighted by Crippen LogP contribution is 2.31. The Balaban J connectivity index is 0.000000601. The Morgan fingerprint density at radius 2 is 2.00 bits per heavy atom. The maximum atomic E-state index is 14.3. The highest BCUT2D eigenvalue weighted by atomic mass is 19.1. The second kappa shape index (κ2) is 9.41. The number of fused-ring (bicyclic) bond motifs is 2. The van der Waals surface area contributed by atoms with Gasteiger partial charge in [0, 0.05) is 62.4 Å². The molecule has 4 heterocycles. The molecular formula is C24H28FN7O.